The van der Waals surface area contributed by atoms with Gasteiger partial charge in [0.25, 0.3) is 5.91 Å². The zero-order valence-electron chi connectivity index (χ0n) is 12.6. The highest BCUT2D eigenvalue weighted by Gasteiger charge is 2.36. The molecular weight excluding hydrogens is 268 g/mol. The fraction of sp³-hybridized carbons (Fsp3) is 0.500. The summed E-state index contributed by atoms with van der Waals surface area (Å²) >= 11 is 0. The molecule has 3 rings (SSSR count). The lowest BCUT2D eigenvalue weighted by Crippen LogP contribution is -2.44. The van der Waals surface area contributed by atoms with Crippen LogP contribution in [-0.4, -0.2) is 33.3 Å². The number of carbonyl (C=O) groups excluding carboxylic acids is 2. The third kappa shape index (κ3) is 2.48. The summed E-state index contributed by atoms with van der Waals surface area (Å²) in [7, 11) is 0. The fourth-order valence-corrected chi connectivity index (χ4v) is 3.08. The average Bonchev–Trinajstić information content (AvgIpc) is 2.85. The molecule has 1 amide bonds. The summed E-state index contributed by atoms with van der Waals surface area (Å²) in [4.78, 5) is 26.3. The Morgan fingerprint density at radius 3 is 2.86 bits per heavy atom. The number of amides is 1. The van der Waals surface area contributed by atoms with Gasteiger partial charge in [0.05, 0.1) is 6.04 Å². The molecule has 1 atom stereocenters. The SMILES string of the molecule is C[C@H]1c2cccn2CCN1C(=O)C1=CC(=O)CC(C)(C)O1. The van der Waals surface area contributed by atoms with Gasteiger partial charge in [-0.25, -0.2) is 0 Å². The molecule has 0 fully saturated rings. The van der Waals surface area contributed by atoms with Crippen molar-refractivity contribution >= 4 is 11.7 Å². The van der Waals surface area contributed by atoms with Gasteiger partial charge in [0.15, 0.2) is 11.5 Å². The number of nitrogens with zero attached hydrogens (tertiary/aromatic N) is 2. The Labute approximate surface area is 124 Å². The molecule has 0 aromatic carbocycles. The quantitative estimate of drug-likeness (QED) is 0.794. The van der Waals surface area contributed by atoms with Crippen LogP contribution in [0.25, 0.3) is 0 Å². The van der Waals surface area contributed by atoms with E-state index in [1.165, 1.54) is 6.08 Å². The van der Waals surface area contributed by atoms with Gasteiger partial charge in [-0.05, 0) is 32.9 Å². The highest BCUT2D eigenvalue weighted by atomic mass is 16.5. The van der Waals surface area contributed by atoms with Crippen molar-refractivity contribution in [1.29, 1.82) is 0 Å². The van der Waals surface area contributed by atoms with E-state index in [-0.39, 0.29) is 23.5 Å². The maximum absolute atomic E-state index is 12.7. The van der Waals surface area contributed by atoms with Crippen molar-refractivity contribution in [1.82, 2.24) is 9.47 Å². The first-order chi connectivity index (χ1) is 9.87. The molecule has 0 bridgehead atoms. The van der Waals surface area contributed by atoms with Crippen LogP contribution in [0.15, 0.2) is 30.2 Å². The van der Waals surface area contributed by atoms with Crippen molar-refractivity contribution < 1.29 is 14.3 Å². The van der Waals surface area contributed by atoms with E-state index in [1.54, 1.807) is 4.90 Å². The third-order valence-electron chi connectivity index (χ3n) is 4.09. The smallest absolute Gasteiger partial charge is 0.289 e. The Morgan fingerprint density at radius 2 is 2.14 bits per heavy atom. The molecule has 2 aliphatic heterocycles. The van der Waals surface area contributed by atoms with E-state index < -0.39 is 5.60 Å². The van der Waals surface area contributed by atoms with Gasteiger partial charge in [-0.3, -0.25) is 9.59 Å². The van der Waals surface area contributed by atoms with Crippen LogP contribution in [0.4, 0.5) is 0 Å². The van der Waals surface area contributed by atoms with Gasteiger partial charge in [-0.15, -0.1) is 0 Å². The lowest BCUT2D eigenvalue weighted by molar-refractivity contribution is -0.140. The van der Waals surface area contributed by atoms with Crippen molar-refractivity contribution in [3.05, 3.63) is 35.9 Å². The molecule has 0 radical (unpaired) electrons. The number of ether oxygens (including phenoxy) is 1. The molecule has 5 heteroatoms. The maximum Gasteiger partial charge on any atom is 0.289 e. The van der Waals surface area contributed by atoms with Crippen LogP contribution in [0.5, 0.6) is 0 Å². The largest absolute Gasteiger partial charge is 0.481 e. The van der Waals surface area contributed by atoms with Gasteiger partial charge in [0.2, 0.25) is 0 Å². The van der Waals surface area contributed by atoms with Gasteiger partial charge in [0.1, 0.15) is 5.60 Å². The number of rotatable bonds is 1. The second-order valence-corrected chi connectivity index (χ2v) is 6.31. The van der Waals surface area contributed by atoms with Gasteiger partial charge in [-0.1, -0.05) is 0 Å². The number of carbonyl (C=O) groups is 2. The summed E-state index contributed by atoms with van der Waals surface area (Å²) in [5.41, 5.74) is 0.493. The normalized spacial score (nSPS) is 24.1. The molecule has 0 spiro atoms. The average molecular weight is 288 g/mol. The first-order valence-corrected chi connectivity index (χ1v) is 7.27. The summed E-state index contributed by atoms with van der Waals surface area (Å²) in [6, 6.07) is 3.99. The fourth-order valence-electron chi connectivity index (χ4n) is 3.08. The van der Waals surface area contributed by atoms with Crippen LogP contribution < -0.4 is 0 Å². The molecule has 2 aliphatic rings. The predicted octanol–water partition coefficient (Wildman–Crippen LogP) is 2.04. The summed E-state index contributed by atoms with van der Waals surface area (Å²) in [5, 5.41) is 0. The number of hydrogen-bond donors (Lipinski definition) is 0. The van der Waals surface area contributed by atoms with Crippen molar-refractivity contribution in [2.75, 3.05) is 6.54 Å². The van der Waals surface area contributed by atoms with E-state index in [9.17, 15) is 9.59 Å². The third-order valence-corrected chi connectivity index (χ3v) is 4.09. The van der Waals surface area contributed by atoms with Crippen LogP contribution >= 0.6 is 0 Å². The molecular formula is C16H20N2O3. The zero-order chi connectivity index (χ0) is 15.2. The number of aromatic nitrogens is 1. The highest BCUT2D eigenvalue weighted by molar-refractivity contribution is 6.01. The maximum atomic E-state index is 12.7. The lowest BCUT2D eigenvalue weighted by Gasteiger charge is -2.37. The topological polar surface area (TPSA) is 51.5 Å². The first-order valence-electron chi connectivity index (χ1n) is 7.27. The van der Waals surface area contributed by atoms with E-state index >= 15 is 0 Å². The van der Waals surface area contributed by atoms with Crippen molar-refractivity contribution in [3.8, 4) is 0 Å². The molecule has 1 aromatic rings. The zero-order valence-corrected chi connectivity index (χ0v) is 12.6. The minimum absolute atomic E-state index is 0.0223. The Morgan fingerprint density at radius 1 is 1.38 bits per heavy atom. The highest BCUT2D eigenvalue weighted by Crippen LogP contribution is 2.30. The molecule has 0 saturated heterocycles. The van der Waals surface area contributed by atoms with Crippen LogP contribution in [0.2, 0.25) is 0 Å². The molecule has 21 heavy (non-hydrogen) atoms. The Bertz CT molecular complexity index is 627. The second kappa shape index (κ2) is 4.76. The van der Waals surface area contributed by atoms with E-state index in [0.29, 0.717) is 13.0 Å². The molecule has 0 unspecified atom stereocenters. The van der Waals surface area contributed by atoms with Crippen LogP contribution in [-0.2, 0) is 20.9 Å². The monoisotopic (exact) mass is 288 g/mol. The van der Waals surface area contributed by atoms with Gasteiger partial charge in [0, 0.05) is 37.5 Å². The molecule has 0 saturated carbocycles. The summed E-state index contributed by atoms with van der Waals surface area (Å²) in [6.45, 7) is 7.05. The number of hydrogen-bond acceptors (Lipinski definition) is 3. The van der Waals surface area contributed by atoms with E-state index in [2.05, 4.69) is 4.57 Å². The summed E-state index contributed by atoms with van der Waals surface area (Å²) in [6.07, 6.45) is 3.67. The Hall–Kier alpha value is -2.04. The molecule has 0 aliphatic carbocycles. The Kier molecular flexibility index (Phi) is 3.15. The second-order valence-electron chi connectivity index (χ2n) is 6.31. The van der Waals surface area contributed by atoms with Crippen LogP contribution in [0.3, 0.4) is 0 Å². The molecule has 1 aromatic heterocycles. The predicted molar refractivity (Wildman–Crippen MR) is 77.4 cm³/mol. The van der Waals surface area contributed by atoms with Gasteiger partial charge in [-0.2, -0.15) is 0 Å². The summed E-state index contributed by atoms with van der Waals surface area (Å²) in [5.74, 6) is -0.0816. The van der Waals surface area contributed by atoms with E-state index in [4.69, 9.17) is 4.74 Å². The van der Waals surface area contributed by atoms with Gasteiger partial charge >= 0.3 is 0 Å². The van der Waals surface area contributed by atoms with Crippen LogP contribution in [0, 0.1) is 0 Å². The van der Waals surface area contributed by atoms with E-state index in [0.717, 1.165) is 12.2 Å². The molecule has 3 heterocycles. The minimum Gasteiger partial charge on any atom is -0.481 e. The lowest BCUT2D eigenvalue weighted by atomic mass is 9.98. The van der Waals surface area contributed by atoms with Crippen molar-refractivity contribution in [2.45, 2.75) is 45.4 Å². The standard InChI is InChI=1S/C16H20N2O3/c1-11-13-5-4-6-17(13)7-8-18(11)15(20)14-9-12(19)10-16(2,3)21-14/h4-6,9,11H,7-8,10H2,1-3H3/t11-/m0/s1. The molecule has 112 valence electrons. The minimum atomic E-state index is -0.615. The number of ketones is 1. The van der Waals surface area contributed by atoms with E-state index in [1.807, 2.05) is 39.1 Å². The van der Waals surface area contributed by atoms with Gasteiger partial charge < -0.3 is 14.2 Å². The number of allylic oxidation sites excluding steroid dienone is 1. The molecule has 0 N–H and O–H groups in total. The van der Waals surface area contributed by atoms with Crippen LogP contribution in [0.1, 0.15) is 38.9 Å². The Balaban J connectivity index is 1.85. The van der Waals surface area contributed by atoms with Crippen molar-refractivity contribution in [2.24, 2.45) is 0 Å². The summed E-state index contributed by atoms with van der Waals surface area (Å²) < 4.78 is 7.87. The molecule has 5 nitrogen and oxygen atoms in total. The van der Waals surface area contributed by atoms with Crippen molar-refractivity contribution in [3.63, 3.8) is 0 Å². The first kappa shape index (κ1) is 13.9. The number of fused-ring (bicyclic) bond motifs is 1.